The minimum atomic E-state index is -0.183. The van der Waals surface area contributed by atoms with Crippen LogP contribution in [0.2, 0.25) is 0 Å². The first-order valence-electron chi connectivity index (χ1n) is 6.83. The molecule has 0 fully saturated rings. The van der Waals surface area contributed by atoms with Crippen LogP contribution in [0.5, 0.6) is 0 Å². The van der Waals surface area contributed by atoms with Crippen LogP contribution in [-0.2, 0) is 0 Å². The quantitative estimate of drug-likeness (QED) is 0.535. The fourth-order valence-corrected chi connectivity index (χ4v) is 2.43. The topological polar surface area (TPSA) is 66.0 Å². The lowest BCUT2D eigenvalue weighted by Gasteiger charge is -2.17. The average Bonchev–Trinajstić information content (AvgIpc) is 2.41. The molecule has 1 heterocycles. The van der Waals surface area contributed by atoms with E-state index in [4.69, 9.17) is 9.62 Å². The van der Waals surface area contributed by atoms with Gasteiger partial charge in [0.05, 0.1) is 11.6 Å². The molecule has 1 aromatic carbocycles. The van der Waals surface area contributed by atoms with Gasteiger partial charge in [0.25, 0.3) is 0 Å². The van der Waals surface area contributed by atoms with Gasteiger partial charge < -0.3 is 14.5 Å². The van der Waals surface area contributed by atoms with Crippen LogP contribution in [0.3, 0.4) is 0 Å². The molecule has 2 aromatic rings. The number of hydrogen-bond donors (Lipinski definition) is 1. The van der Waals surface area contributed by atoms with Crippen LogP contribution in [0.25, 0.3) is 11.0 Å². The number of benzene rings is 1. The summed E-state index contributed by atoms with van der Waals surface area (Å²) >= 11 is 0. The van der Waals surface area contributed by atoms with Crippen LogP contribution in [-0.4, -0.2) is 25.5 Å². The number of anilines is 1. The molecule has 21 heavy (non-hydrogen) atoms. The van der Waals surface area contributed by atoms with Gasteiger partial charge in [0.1, 0.15) is 11.1 Å². The van der Waals surface area contributed by atoms with Gasteiger partial charge in [-0.2, -0.15) is 0 Å². The minimum Gasteiger partial charge on any atom is -0.439 e. The highest BCUT2D eigenvalue weighted by molar-refractivity contribution is 5.94. The molecule has 0 aliphatic heterocycles. The van der Waals surface area contributed by atoms with Crippen molar-refractivity contribution in [1.29, 1.82) is 0 Å². The lowest BCUT2D eigenvalue weighted by molar-refractivity contribution is 0.321. The summed E-state index contributed by atoms with van der Waals surface area (Å²) in [6.45, 7) is 5.99. The molecule has 1 aromatic heterocycles. The van der Waals surface area contributed by atoms with E-state index < -0.39 is 0 Å². The van der Waals surface area contributed by atoms with Gasteiger partial charge in [0, 0.05) is 14.1 Å². The van der Waals surface area contributed by atoms with E-state index in [0.717, 1.165) is 17.3 Å². The van der Waals surface area contributed by atoms with Gasteiger partial charge in [-0.15, -0.1) is 0 Å². The summed E-state index contributed by atoms with van der Waals surface area (Å²) in [7, 11) is 3.56. The molecule has 1 N–H and O–H groups in total. The third-order valence-electron chi connectivity index (χ3n) is 3.51. The fraction of sp³-hybridized carbons (Fsp3) is 0.375. The smallest absolute Gasteiger partial charge is 0.208 e. The van der Waals surface area contributed by atoms with Crippen molar-refractivity contribution in [1.82, 2.24) is 0 Å². The highest BCUT2D eigenvalue weighted by atomic mass is 16.4. The summed E-state index contributed by atoms with van der Waals surface area (Å²) < 4.78 is 5.98. The molecule has 0 saturated heterocycles. The van der Waals surface area contributed by atoms with Crippen molar-refractivity contribution >= 4 is 23.1 Å². The van der Waals surface area contributed by atoms with Crippen LogP contribution < -0.4 is 10.3 Å². The fourth-order valence-electron chi connectivity index (χ4n) is 2.43. The van der Waals surface area contributed by atoms with Crippen molar-refractivity contribution in [3.05, 3.63) is 39.0 Å². The maximum absolute atomic E-state index is 12.8. The van der Waals surface area contributed by atoms with Gasteiger partial charge in [-0.05, 0) is 24.0 Å². The van der Waals surface area contributed by atoms with Crippen LogP contribution >= 0.6 is 0 Å². The second-order valence-electron chi connectivity index (χ2n) is 5.62. The van der Waals surface area contributed by atoms with E-state index in [1.807, 2.05) is 19.1 Å². The lowest BCUT2D eigenvalue weighted by atomic mass is 9.97. The van der Waals surface area contributed by atoms with E-state index in [9.17, 15) is 4.79 Å². The Morgan fingerprint density at radius 1 is 1.33 bits per heavy atom. The van der Waals surface area contributed by atoms with Crippen LogP contribution in [0.1, 0.15) is 36.5 Å². The Morgan fingerprint density at radius 3 is 2.52 bits per heavy atom. The molecule has 0 aliphatic carbocycles. The second-order valence-corrected chi connectivity index (χ2v) is 5.62. The molecule has 0 saturated carbocycles. The monoisotopic (exact) mass is 288 g/mol. The van der Waals surface area contributed by atoms with Crippen molar-refractivity contribution in [3.63, 3.8) is 0 Å². The van der Waals surface area contributed by atoms with E-state index in [2.05, 4.69) is 19.0 Å². The zero-order valence-corrected chi connectivity index (χ0v) is 13.0. The Labute approximate surface area is 123 Å². The zero-order chi connectivity index (χ0) is 15.7. The van der Waals surface area contributed by atoms with Crippen LogP contribution in [0.4, 0.5) is 5.88 Å². The number of oxime groups is 1. The van der Waals surface area contributed by atoms with Gasteiger partial charge in [0.2, 0.25) is 11.3 Å². The Morgan fingerprint density at radius 2 is 2.00 bits per heavy atom. The van der Waals surface area contributed by atoms with E-state index in [0.29, 0.717) is 16.9 Å². The molecular weight excluding hydrogens is 268 g/mol. The summed E-state index contributed by atoms with van der Waals surface area (Å²) in [6.07, 6.45) is 1.13. The molecule has 0 bridgehead atoms. The third kappa shape index (κ3) is 2.51. The van der Waals surface area contributed by atoms with Gasteiger partial charge in [-0.25, -0.2) is 0 Å². The van der Waals surface area contributed by atoms with E-state index in [1.165, 1.54) is 0 Å². The number of rotatable bonds is 3. The lowest BCUT2D eigenvalue weighted by Crippen LogP contribution is -2.19. The van der Waals surface area contributed by atoms with Crippen LogP contribution in [0, 0.1) is 6.92 Å². The SMILES string of the molecule is Cc1ccc(C(C)C)c2oc(N(C)C)c(C=NO)c(=O)c12. The van der Waals surface area contributed by atoms with Gasteiger partial charge in [0.15, 0.2) is 0 Å². The molecule has 0 amide bonds. The number of hydrogen-bond acceptors (Lipinski definition) is 5. The molecule has 5 nitrogen and oxygen atoms in total. The van der Waals surface area contributed by atoms with Crippen molar-refractivity contribution in [3.8, 4) is 0 Å². The molecule has 0 spiro atoms. The summed E-state index contributed by atoms with van der Waals surface area (Å²) in [4.78, 5) is 14.4. The highest BCUT2D eigenvalue weighted by Gasteiger charge is 2.19. The first-order valence-corrected chi connectivity index (χ1v) is 6.83. The van der Waals surface area contributed by atoms with Crippen molar-refractivity contribution < 1.29 is 9.62 Å². The molecule has 5 heteroatoms. The van der Waals surface area contributed by atoms with E-state index in [-0.39, 0.29) is 16.9 Å². The van der Waals surface area contributed by atoms with Gasteiger partial charge in [-0.1, -0.05) is 31.1 Å². The molecule has 2 rings (SSSR count). The molecule has 0 aliphatic rings. The molecule has 0 radical (unpaired) electrons. The largest absolute Gasteiger partial charge is 0.439 e. The van der Waals surface area contributed by atoms with Crippen molar-refractivity contribution in [2.75, 3.05) is 19.0 Å². The molecule has 0 unspecified atom stereocenters. The average molecular weight is 288 g/mol. The highest BCUT2D eigenvalue weighted by Crippen LogP contribution is 2.30. The molecular formula is C16H20N2O3. The normalized spacial score (nSPS) is 11.7. The first kappa shape index (κ1) is 15.1. The number of fused-ring (bicyclic) bond motifs is 1. The predicted molar refractivity (Wildman–Crippen MR) is 85.0 cm³/mol. The maximum Gasteiger partial charge on any atom is 0.208 e. The van der Waals surface area contributed by atoms with E-state index >= 15 is 0 Å². The zero-order valence-electron chi connectivity index (χ0n) is 13.0. The third-order valence-corrected chi connectivity index (χ3v) is 3.51. The Hall–Kier alpha value is -2.30. The molecule has 112 valence electrons. The summed E-state index contributed by atoms with van der Waals surface area (Å²) in [6, 6.07) is 3.91. The summed E-state index contributed by atoms with van der Waals surface area (Å²) in [5.41, 5.74) is 2.51. The Balaban J connectivity index is 3.02. The maximum atomic E-state index is 12.8. The predicted octanol–water partition coefficient (Wildman–Crippen LogP) is 3.10. The second kappa shape index (κ2) is 5.60. The minimum absolute atomic E-state index is 0.183. The van der Waals surface area contributed by atoms with Crippen LogP contribution in [0.15, 0.2) is 26.5 Å². The van der Waals surface area contributed by atoms with Crippen molar-refractivity contribution in [2.24, 2.45) is 5.16 Å². The summed E-state index contributed by atoms with van der Waals surface area (Å²) in [5, 5.41) is 12.3. The van der Waals surface area contributed by atoms with E-state index in [1.54, 1.807) is 19.0 Å². The number of nitrogens with zero attached hydrogens (tertiary/aromatic N) is 2. The molecule has 0 atom stereocenters. The Bertz CT molecular complexity index is 758. The van der Waals surface area contributed by atoms with Gasteiger partial charge in [-0.3, -0.25) is 4.79 Å². The number of aryl methyl sites for hydroxylation is 1. The van der Waals surface area contributed by atoms with Gasteiger partial charge >= 0.3 is 0 Å². The Kier molecular flexibility index (Phi) is 4.02. The summed E-state index contributed by atoms with van der Waals surface area (Å²) in [5.74, 6) is 0.626. The standard InChI is InChI=1S/C16H20N2O3/c1-9(2)11-7-6-10(3)13-14(19)12(8-17-20)16(18(4)5)21-15(11)13/h6-9,20H,1-5H3. The van der Waals surface area contributed by atoms with Crippen molar-refractivity contribution in [2.45, 2.75) is 26.7 Å². The first-order chi connectivity index (χ1) is 9.88.